The molecule has 4 atom stereocenters. The lowest BCUT2D eigenvalue weighted by atomic mass is 9.69. The molecular formula is C18H34N2. The lowest BCUT2D eigenvalue weighted by Gasteiger charge is -2.52. The molecule has 0 aromatic heterocycles. The van der Waals surface area contributed by atoms with Gasteiger partial charge in [-0.15, -0.1) is 0 Å². The number of nitrogens with one attached hydrogen (secondary N) is 1. The van der Waals surface area contributed by atoms with Crippen LogP contribution in [0.15, 0.2) is 0 Å². The molecule has 1 aliphatic heterocycles. The maximum absolute atomic E-state index is 3.86. The van der Waals surface area contributed by atoms with Crippen LogP contribution >= 0.6 is 0 Å². The van der Waals surface area contributed by atoms with E-state index in [-0.39, 0.29) is 0 Å². The van der Waals surface area contributed by atoms with Gasteiger partial charge in [0.2, 0.25) is 0 Å². The predicted molar refractivity (Wildman–Crippen MR) is 86.0 cm³/mol. The number of hydrogen-bond acceptors (Lipinski definition) is 2. The standard InChI is InChI=1S/C18H34N2/c1-4-19-17-16(11-6-12-18(17,2)3)20-13-7-9-14-8-5-10-15(14)20/h14-17,19H,4-13H2,1-3H3. The first-order chi connectivity index (χ1) is 9.63. The van der Waals surface area contributed by atoms with Crippen molar-refractivity contribution in [3.05, 3.63) is 0 Å². The third-order valence-electron chi connectivity index (χ3n) is 6.43. The highest BCUT2D eigenvalue weighted by atomic mass is 15.2. The maximum Gasteiger partial charge on any atom is 0.0274 e. The van der Waals surface area contributed by atoms with E-state index in [1.54, 1.807) is 0 Å². The highest BCUT2D eigenvalue weighted by Gasteiger charge is 2.45. The molecule has 0 amide bonds. The fourth-order valence-corrected chi connectivity index (χ4v) is 5.50. The molecule has 0 aromatic carbocycles. The van der Waals surface area contributed by atoms with Crippen LogP contribution in [0.1, 0.15) is 72.1 Å². The summed E-state index contributed by atoms with van der Waals surface area (Å²) in [6.07, 6.45) is 11.6. The molecule has 4 unspecified atom stereocenters. The average molecular weight is 278 g/mol. The number of piperidine rings is 1. The summed E-state index contributed by atoms with van der Waals surface area (Å²) in [6, 6.07) is 2.41. The minimum absolute atomic E-state index is 0.463. The van der Waals surface area contributed by atoms with E-state index in [2.05, 4.69) is 31.0 Å². The Morgan fingerprint density at radius 3 is 2.55 bits per heavy atom. The number of fused-ring (bicyclic) bond motifs is 1. The van der Waals surface area contributed by atoms with Gasteiger partial charge in [-0.2, -0.15) is 0 Å². The zero-order valence-corrected chi connectivity index (χ0v) is 13.8. The summed E-state index contributed by atoms with van der Waals surface area (Å²) in [5.74, 6) is 1.02. The highest BCUT2D eigenvalue weighted by Crippen LogP contribution is 2.43. The smallest absolute Gasteiger partial charge is 0.0274 e. The van der Waals surface area contributed by atoms with Crippen LogP contribution in [-0.4, -0.2) is 36.1 Å². The van der Waals surface area contributed by atoms with E-state index in [9.17, 15) is 0 Å². The van der Waals surface area contributed by atoms with Crippen molar-refractivity contribution >= 4 is 0 Å². The zero-order chi connectivity index (χ0) is 14.2. The average Bonchev–Trinajstić information content (AvgIpc) is 2.89. The van der Waals surface area contributed by atoms with Crippen LogP contribution in [0, 0.1) is 11.3 Å². The van der Waals surface area contributed by atoms with Crippen molar-refractivity contribution in [1.29, 1.82) is 0 Å². The lowest BCUT2D eigenvalue weighted by molar-refractivity contribution is -0.00502. The fourth-order valence-electron chi connectivity index (χ4n) is 5.50. The van der Waals surface area contributed by atoms with E-state index in [0.717, 1.165) is 24.5 Å². The third kappa shape index (κ3) is 2.66. The molecule has 2 aliphatic carbocycles. The van der Waals surface area contributed by atoms with Gasteiger partial charge < -0.3 is 5.32 Å². The summed E-state index contributed by atoms with van der Waals surface area (Å²) in [7, 11) is 0. The van der Waals surface area contributed by atoms with Crippen LogP contribution in [0.3, 0.4) is 0 Å². The molecule has 2 saturated carbocycles. The van der Waals surface area contributed by atoms with Gasteiger partial charge in [0.15, 0.2) is 0 Å². The van der Waals surface area contributed by atoms with Crippen LogP contribution in [0.25, 0.3) is 0 Å². The molecule has 3 aliphatic rings. The SMILES string of the molecule is CCNC1C(N2CCCC3CCCC32)CCCC1(C)C. The molecule has 0 bridgehead atoms. The first kappa shape index (κ1) is 14.8. The Morgan fingerprint density at radius 2 is 1.75 bits per heavy atom. The Bertz CT molecular complexity index is 325. The summed E-state index contributed by atoms with van der Waals surface area (Å²) in [4.78, 5) is 2.95. The molecule has 3 rings (SSSR count). The lowest BCUT2D eigenvalue weighted by Crippen LogP contribution is -2.62. The van der Waals surface area contributed by atoms with Gasteiger partial charge in [-0.1, -0.05) is 33.6 Å². The van der Waals surface area contributed by atoms with Crippen LogP contribution in [-0.2, 0) is 0 Å². The molecule has 0 aromatic rings. The van der Waals surface area contributed by atoms with E-state index < -0.39 is 0 Å². The van der Waals surface area contributed by atoms with Crippen molar-refractivity contribution in [2.75, 3.05) is 13.1 Å². The summed E-state index contributed by atoms with van der Waals surface area (Å²) < 4.78 is 0. The third-order valence-corrected chi connectivity index (χ3v) is 6.43. The Kier molecular flexibility index (Phi) is 4.42. The number of rotatable bonds is 3. The monoisotopic (exact) mass is 278 g/mol. The molecule has 2 heteroatoms. The van der Waals surface area contributed by atoms with Gasteiger partial charge in [-0.3, -0.25) is 4.90 Å². The second-order valence-electron chi connectivity index (χ2n) is 8.12. The number of likely N-dealkylation sites (tertiary alicyclic amines) is 1. The molecule has 3 fully saturated rings. The summed E-state index contributed by atoms with van der Waals surface area (Å²) in [6.45, 7) is 9.73. The Morgan fingerprint density at radius 1 is 1.00 bits per heavy atom. The van der Waals surface area contributed by atoms with Crippen molar-refractivity contribution in [2.45, 2.75) is 90.3 Å². The van der Waals surface area contributed by atoms with Gasteiger partial charge in [0.1, 0.15) is 0 Å². The van der Waals surface area contributed by atoms with E-state index in [1.165, 1.54) is 57.9 Å². The van der Waals surface area contributed by atoms with Crippen molar-refractivity contribution in [2.24, 2.45) is 11.3 Å². The van der Waals surface area contributed by atoms with Gasteiger partial charge in [0, 0.05) is 18.1 Å². The normalized spacial score (nSPS) is 41.5. The number of nitrogens with zero attached hydrogens (tertiary/aromatic N) is 1. The van der Waals surface area contributed by atoms with E-state index in [4.69, 9.17) is 0 Å². The second kappa shape index (κ2) is 5.96. The topological polar surface area (TPSA) is 15.3 Å². The molecule has 1 N–H and O–H groups in total. The minimum Gasteiger partial charge on any atom is -0.312 e. The van der Waals surface area contributed by atoms with Crippen LogP contribution in [0.5, 0.6) is 0 Å². The van der Waals surface area contributed by atoms with Crippen LogP contribution in [0.2, 0.25) is 0 Å². The molecule has 2 nitrogen and oxygen atoms in total. The van der Waals surface area contributed by atoms with Crippen LogP contribution < -0.4 is 5.32 Å². The van der Waals surface area contributed by atoms with Gasteiger partial charge in [-0.05, 0) is 62.9 Å². The van der Waals surface area contributed by atoms with Gasteiger partial charge >= 0.3 is 0 Å². The molecule has 0 spiro atoms. The van der Waals surface area contributed by atoms with Crippen molar-refractivity contribution in [3.63, 3.8) is 0 Å². The molecule has 116 valence electrons. The summed E-state index contributed by atoms with van der Waals surface area (Å²) >= 11 is 0. The maximum atomic E-state index is 3.86. The molecule has 20 heavy (non-hydrogen) atoms. The molecule has 1 heterocycles. The number of likely N-dealkylation sites (N-methyl/N-ethyl adjacent to an activating group) is 1. The highest BCUT2D eigenvalue weighted by molar-refractivity contribution is 5.02. The largest absolute Gasteiger partial charge is 0.312 e. The van der Waals surface area contributed by atoms with Crippen molar-refractivity contribution in [3.8, 4) is 0 Å². The molecule has 0 radical (unpaired) electrons. The Balaban J connectivity index is 1.79. The zero-order valence-electron chi connectivity index (χ0n) is 13.8. The molecular weight excluding hydrogens is 244 g/mol. The van der Waals surface area contributed by atoms with Crippen LogP contribution in [0.4, 0.5) is 0 Å². The quantitative estimate of drug-likeness (QED) is 0.844. The Hall–Kier alpha value is -0.0800. The predicted octanol–water partition coefficient (Wildman–Crippen LogP) is 3.81. The molecule has 1 saturated heterocycles. The second-order valence-corrected chi connectivity index (χ2v) is 8.12. The van der Waals surface area contributed by atoms with Gasteiger partial charge in [-0.25, -0.2) is 0 Å². The van der Waals surface area contributed by atoms with Crippen molar-refractivity contribution in [1.82, 2.24) is 10.2 Å². The van der Waals surface area contributed by atoms with Gasteiger partial charge in [0.05, 0.1) is 0 Å². The summed E-state index contributed by atoms with van der Waals surface area (Å²) in [5, 5.41) is 3.86. The van der Waals surface area contributed by atoms with E-state index >= 15 is 0 Å². The minimum atomic E-state index is 0.463. The van der Waals surface area contributed by atoms with E-state index in [0.29, 0.717) is 11.5 Å². The van der Waals surface area contributed by atoms with Crippen molar-refractivity contribution < 1.29 is 0 Å². The number of hydrogen-bond donors (Lipinski definition) is 1. The fraction of sp³-hybridized carbons (Fsp3) is 1.00. The Labute approximate surface area is 125 Å². The van der Waals surface area contributed by atoms with E-state index in [1.807, 2.05) is 0 Å². The summed E-state index contributed by atoms with van der Waals surface area (Å²) in [5.41, 5.74) is 0.463. The van der Waals surface area contributed by atoms with Gasteiger partial charge in [0.25, 0.3) is 0 Å². The first-order valence-corrected chi connectivity index (χ1v) is 9.12. The first-order valence-electron chi connectivity index (χ1n) is 9.12.